The number of hydrogen-bond acceptors (Lipinski definition) is 4. The molecule has 1 rings (SSSR count). The molecule has 1 aromatic carbocycles. The second kappa shape index (κ2) is 5.86. The zero-order valence-corrected chi connectivity index (χ0v) is 11.5. The third-order valence-electron chi connectivity index (χ3n) is 2.52. The van der Waals surface area contributed by atoms with Crippen molar-refractivity contribution in [2.24, 2.45) is 0 Å². The molecule has 0 aliphatic rings. The maximum absolute atomic E-state index is 11.1. The highest BCUT2D eigenvalue weighted by atomic mass is 32.2. The van der Waals surface area contributed by atoms with E-state index in [9.17, 15) is 9.00 Å². The van der Waals surface area contributed by atoms with Crippen LogP contribution < -0.4 is 11.1 Å². The van der Waals surface area contributed by atoms with Crippen molar-refractivity contribution in [1.29, 1.82) is 0 Å². The Morgan fingerprint density at radius 1 is 1.56 bits per heavy atom. The number of aromatic carboxylic acids is 1. The molecular weight excluding hydrogens is 252 g/mol. The van der Waals surface area contributed by atoms with Gasteiger partial charge in [-0.15, -0.1) is 0 Å². The highest BCUT2D eigenvalue weighted by Crippen LogP contribution is 2.23. The molecule has 0 amide bonds. The predicted octanol–water partition coefficient (Wildman–Crippen LogP) is 1.45. The fraction of sp³-hybridized carbons (Fsp3) is 0.417. The molecule has 0 aliphatic heterocycles. The molecule has 100 valence electrons. The van der Waals surface area contributed by atoms with E-state index in [-0.39, 0.29) is 17.3 Å². The molecule has 0 spiro atoms. The molecule has 0 heterocycles. The maximum Gasteiger partial charge on any atom is 0.337 e. The smallest absolute Gasteiger partial charge is 0.337 e. The Morgan fingerprint density at radius 2 is 2.17 bits per heavy atom. The summed E-state index contributed by atoms with van der Waals surface area (Å²) < 4.78 is 11.1. The molecule has 0 saturated heterocycles. The van der Waals surface area contributed by atoms with E-state index in [1.165, 1.54) is 6.07 Å². The van der Waals surface area contributed by atoms with Gasteiger partial charge in [-0.2, -0.15) is 0 Å². The SMILES string of the molecule is Cc1cc(NC(C)CS(C)=O)cc(C(=O)O)c1N. The molecular formula is C12H18N2O3S. The first-order chi connectivity index (χ1) is 8.31. The Kier molecular flexibility index (Phi) is 4.72. The van der Waals surface area contributed by atoms with Gasteiger partial charge in [0.2, 0.25) is 0 Å². The summed E-state index contributed by atoms with van der Waals surface area (Å²) in [5, 5.41) is 12.2. The minimum Gasteiger partial charge on any atom is -0.478 e. The van der Waals surface area contributed by atoms with Gasteiger partial charge >= 0.3 is 5.97 Å². The van der Waals surface area contributed by atoms with Crippen LogP contribution in [0.3, 0.4) is 0 Å². The summed E-state index contributed by atoms with van der Waals surface area (Å²) in [5.74, 6) is -0.544. The van der Waals surface area contributed by atoms with Crippen LogP contribution in [0.25, 0.3) is 0 Å². The van der Waals surface area contributed by atoms with E-state index in [0.29, 0.717) is 17.0 Å². The summed E-state index contributed by atoms with van der Waals surface area (Å²) in [6, 6.07) is 3.29. The van der Waals surface area contributed by atoms with E-state index < -0.39 is 16.8 Å². The summed E-state index contributed by atoms with van der Waals surface area (Å²) in [4.78, 5) is 11.0. The summed E-state index contributed by atoms with van der Waals surface area (Å²) in [7, 11) is -0.897. The van der Waals surface area contributed by atoms with E-state index >= 15 is 0 Å². The van der Waals surface area contributed by atoms with Crippen LogP contribution in [0.4, 0.5) is 11.4 Å². The molecule has 2 unspecified atom stereocenters. The average Bonchev–Trinajstić information content (AvgIpc) is 2.21. The number of aryl methyl sites for hydroxylation is 1. The normalized spacial score (nSPS) is 13.9. The standard InChI is InChI=1S/C12H18N2O3S/c1-7-4-9(14-8(2)6-18(3)17)5-10(11(7)13)12(15)16/h4-5,8,14H,6,13H2,1-3H3,(H,15,16). The van der Waals surface area contributed by atoms with Gasteiger partial charge in [0.25, 0.3) is 0 Å². The van der Waals surface area contributed by atoms with Crippen LogP contribution in [0.5, 0.6) is 0 Å². The van der Waals surface area contributed by atoms with Gasteiger partial charge in [0, 0.05) is 40.2 Å². The fourth-order valence-electron chi connectivity index (χ4n) is 1.74. The van der Waals surface area contributed by atoms with Crippen molar-refractivity contribution >= 4 is 28.1 Å². The number of carboxylic acids is 1. The molecule has 2 atom stereocenters. The number of benzene rings is 1. The van der Waals surface area contributed by atoms with Crippen molar-refractivity contribution in [1.82, 2.24) is 0 Å². The fourth-order valence-corrected chi connectivity index (χ4v) is 2.52. The Hall–Kier alpha value is -1.56. The third-order valence-corrected chi connectivity index (χ3v) is 3.48. The van der Waals surface area contributed by atoms with Crippen LogP contribution in [0.1, 0.15) is 22.8 Å². The van der Waals surface area contributed by atoms with Gasteiger partial charge < -0.3 is 16.2 Å². The lowest BCUT2D eigenvalue weighted by atomic mass is 10.1. The molecule has 5 nitrogen and oxygen atoms in total. The van der Waals surface area contributed by atoms with Crippen LogP contribution in [-0.4, -0.2) is 33.3 Å². The Morgan fingerprint density at radius 3 is 2.67 bits per heavy atom. The molecule has 18 heavy (non-hydrogen) atoms. The van der Waals surface area contributed by atoms with Crippen molar-refractivity contribution in [2.45, 2.75) is 19.9 Å². The molecule has 0 fully saturated rings. The minimum absolute atomic E-state index is 0.000465. The molecule has 4 N–H and O–H groups in total. The van der Waals surface area contributed by atoms with Crippen LogP contribution in [-0.2, 0) is 10.8 Å². The minimum atomic E-state index is -1.05. The molecule has 0 saturated carbocycles. The van der Waals surface area contributed by atoms with Gasteiger partial charge in [0.15, 0.2) is 0 Å². The number of carboxylic acid groups (broad SMARTS) is 1. The van der Waals surface area contributed by atoms with Gasteiger partial charge in [0.1, 0.15) is 0 Å². The van der Waals surface area contributed by atoms with Crippen molar-refractivity contribution in [3.05, 3.63) is 23.3 Å². The van der Waals surface area contributed by atoms with E-state index in [1.54, 1.807) is 19.2 Å². The van der Waals surface area contributed by atoms with E-state index in [2.05, 4.69) is 5.32 Å². The summed E-state index contributed by atoms with van der Waals surface area (Å²) in [6.45, 7) is 3.66. The Labute approximate surface area is 109 Å². The van der Waals surface area contributed by atoms with Crippen LogP contribution in [0.2, 0.25) is 0 Å². The number of hydrogen-bond donors (Lipinski definition) is 3. The van der Waals surface area contributed by atoms with E-state index in [4.69, 9.17) is 10.8 Å². The van der Waals surface area contributed by atoms with Crippen molar-refractivity contribution in [3.63, 3.8) is 0 Å². The van der Waals surface area contributed by atoms with Gasteiger partial charge in [-0.05, 0) is 31.5 Å². The van der Waals surface area contributed by atoms with E-state index in [1.807, 2.05) is 6.92 Å². The molecule has 6 heteroatoms. The second-order valence-electron chi connectivity index (χ2n) is 4.34. The van der Waals surface area contributed by atoms with Crippen LogP contribution in [0.15, 0.2) is 12.1 Å². The van der Waals surface area contributed by atoms with E-state index in [0.717, 1.165) is 0 Å². The highest BCUT2D eigenvalue weighted by molar-refractivity contribution is 7.84. The molecule has 0 radical (unpaired) electrons. The number of rotatable bonds is 5. The number of anilines is 2. The van der Waals surface area contributed by atoms with Gasteiger partial charge in [0.05, 0.1) is 5.56 Å². The number of nitrogens with two attached hydrogens (primary N) is 1. The number of nitrogens with one attached hydrogen (secondary N) is 1. The summed E-state index contributed by atoms with van der Waals surface area (Å²) in [6.07, 6.45) is 1.63. The number of carbonyl (C=O) groups is 1. The molecule has 0 aliphatic carbocycles. The Balaban J connectivity index is 2.97. The van der Waals surface area contributed by atoms with Gasteiger partial charge in [-0.25, -0.2) is 4.79 Å². The monoisotopic (exact) mass is 270 g/mol. The van der Waals surface area contributed by atoms with Crippen molar-refractivity contribution < 1.29 is 14.1 Å². The highest BCUT2D eigenvalue weighted by Gasteiger charge is 2.13. The number of nitrogen functional groups attached to an aromatic ring is 1. The van der Waals surface area contributed by atoms with Crippen LogP contribution >= 0.6 is 0 Å². The zero-order chi connectivity index (χ0) is 13.9. The zero-order valence-electron chi connectivity index (χ0n) is 10.7. The third kappa shape index (κ3) is 3.73. The van der Waals surface area contributed by atoms with Gasteiger partial charge in [-0.1, -0.05) is 0 Å². The lowest BCUT2D eigenvalue weighted by Crippen LogP contribution is -2.22. The van der Waals surface area contributed by atoms with Gasteiger partial charge in [-0.3, -0.25) is 4.21 Å². The average molecular weight is 270 g/mol. The lowest BCUT2D eigenvalue weighted by molar-refractivity contribution is 0.0698. The van der Waals surface area contributed by atoms with Crippen molar-refractivity contribution in [2.75, 3.05) is 23.1 Å². The van der Waals surface area contributed by atoms with Crippen LogP contribution in [0, 0.1) is 6.92 Å². The molecule has 0 bridgehead atoms. The Bertz CT molecular complexity index is 488. The first-order valence-electron chi connectivity index (χ1n) is 5.51. The topological polar surface area (TPSA) is 92.4 Å². The van der Waals surface area contributed by atoms with Crippen molar-refractivity contribution in [3.8, 4) is 0 Å². The second-order valence-corrected chi connectivity index (χ2v) is 5.82. The first-order valence-corrected chi connectivity index (χ1v) is 7.24. The molecule has 0 aromatic heterocycles. The lowest BCUT2D eigenvalue weighted by Gasteiger charge is -2.16. The summed E-state index contributed by atoms with van der Waals surface area (Å²) >= 11 is 0. The molecule has 1 aromatic rings. The predicted molar refractivity (Wildman–Crippen MR) is 74.6 cm³/mol. The maximum atomic E-state index is 11.1. The first kappa shape index (κ1) is 14.5. The summed E-state index contributed by atoms with van der Waals surface area (Å²) in [5.41, 5.74) is 7.46. The quantitative estimate of drug-likeness (QED) is 0.704. The largest absolute Gasteiger partial charge is 0.478 e.